The highest BCUT2D eigenvalue weighted by molar-refractivity contribution is 5.83. The predicted molar refractivity (Wildman–Crippen MR) is 62.4 cm³/mol. The fraction of sp³-hybridized carbons (Fsp3) is 0.250. The molecular weight excluding hydrogens is 218 g/mol. The second-order valence-corrected chi connectivity index (χ2v) is 4.02. The number of hydrogen-bond donors (Lipinski definition) is 1. The van der Waals surface area contributed by atoms with E-state index in [9.17, 15) is 4.79 Å². The third-order valence-corrected chi connectivity index (χ3v) is 2.38. The molecule has 0 aromatic carbocycles. The van der Waals surface area contributed by atoms with Crippen LogP contribution in [-0.4, -0.2) is 25.6 Å². The summed E-state index contributed by atoms with van der Waals surface area (Å²) in [4.78, 5) is 19.0. The molecule has 0 amide bonds. The van der Waals surface area contributed by atoms with Crippen LogP contribution in [0.1, 0.15) is 36.1 Å². The van der Waals surface area contributed by atoms with Crippen molar-refractivity contribution >= 4 is 5.97 Å². The lowest BCUT2D eigenvalue weighted by Gasteiger charge is -2.09. The Morgan fingerprint density at radius 2 is 1.94 bits per heavy atom. The lowest BCUT2D eigenvalue weighted by atomic mass is 10.1. The molecule has 5 heteroatoms. The van der Waals surface area contributed by atoms with Gasteiger partial charge in [0.1, 0.15) is 5.82 Å². The van der Waals surface area contributed by atoms with Crippen molar-refractivity contribution in [3.63, 3.8) is 0 Å². The topological polar surface area (TPSA) is 68.0 Å². The van der Waals surface area contributed by atoms with Gasteiger partial charge >= 0.3 is 5.97 Å². The minimum absolute atomic E-state index is 0.158. The van der Waals surface area contributed by atoms with Gasteiger partial charge in [0.25, 0.3) is 0 Å². The first-order valence-electron chi connectivity index (χ1n) is 5.33. The maximum atomic E-state index is 11.0. The number of aromatic nitrogens is 3. The van der Waals surface area contributed by atoms with Gasteiger partial charge in [-0.15, -0.1) is 0 Å². The first-order chi connectivity index (χ1) is 8.08. The monoisotopic (exact) mass is 231 g/mol. The Morgan fingerprint density at radius 1 is 1.29 bits per heavy atom. The van der Waals surface area contributed by atoms with Gasteiger partial charge in [-0.25, -0.2) is 14.8 Å². The SMILES string of the molecule is CC(C)c1cc(-n2cccc2)nc(C(=O)O)n1. The van der Waals surface area contributed by atoms with Gasteiger partial charge in [0.15, 0.2) is 0 Å². The lowest BCUT2D eigenvalue weighted by Crippen LogP contribution is -2.10. The number of rotatable bonds is 3. The Hall–Kier alpha value is -2.17. The Balaban J connectivity index is 2.56. The van der Waals surface area contributed by atoms with Crippen molar-refractivity contribution in [2.24, 2.45) is 0 Å². The van der Waals surface area contributed by atoms with Gasteiger partial charge in [0.05, 0.1) is 0 Å². The van der Waals surface area contributed by atoms with Crippen molar-refractivity contribution in [3.8, 4) is 5.82 Å². The standard InChI is InChI=1S/C12H13N3O2/c1-8(2)9-7-10(15-5-3-4-6-15)14-11(13-9)12(16)17/h3-8H,1-2H3,(H,16,17). The maximum Gasteiger partial charge on any atom is 0.374 e. The molecular formula is C12H13N3O2. The van der Waals surface area contributed by atoms with E-state index < -0.39 is 5.97 Å². The van der Waals surface area contributed by atoms with E-state index in [0.29, 0.717) is 5.82 Å². The van der Waals surface area contributed by atoms with Gasteiger partial charge < -0.3 is 9.67 Å². The van der Waals surface area contributed by atoms with Crippen LogP contribution in [0.2, 0.25) is 0 Å². The molecule has 0 saturated carbocycles. The van der Waals surface area contributed by atoms with Gasteiger partial charge in [-0.1, -0.05) is 13.8 Å². The zero-order chi connectivity index (χ0) is 12.4. The van der Waals surface area contributed by atoms with Crippen LogP contribution in [0.4, 0.5) is 0 Å². The Bertz CT molecular complexity index is 533. The third kappa shape index (κ3) is 2.33. The van der Waals surface area contributed by atoms with E-state index in [0.717, 1.165) is 5.69 Å². The van der Waals surface area contributed by atoms with E-state index in [-0.39, 0.29) is 11.7 Å². The molecule has 0 fully saturated rings. The number of aromatic carboxylic acids is 1. The van der Waals surface area contributed by atoms with Gasteiger partial charge in [-0.05, 0) is 18.1 Å². The fourth-order valence-electron chi connectivity index (χ4n) is 1.46. The van der Waals surface area contributed by atoms with E-state index >= 15 is 0 Å². The molecule has 2 heterocycles. The summed E-state index contributed by atoms with van der Waals surface area (Å²) in [6, 6.07) is 5.52. The molecule has 0 aliphatic carbocycles. The van der Waals surface area contributed by atoms with Gasteiger partial charge in [-0.2, -0.15) is 0 Å². The normalized spacial score (nSPS) is 10.8. The molecule has 0 aliphatic rings. The van der Waals surface area contributed by atoms with Crippen molar-refractivity contribution in [1.82, 2.24) is 14.5 Å². The molecule has 1 N–H and O–H groups in total. The van der Waals surface area contributed by atoms with Crippen molar-refractivity contribution in [1.29, 1.82) is 0 Å². The summed E-state index contributed by atoms with van der Waals surface area (Å²) in [6.45, 7) is 3.93. The molecule has 0 unspecified atom stereocenters. The summed E-state index contributed by atoms with van der Waals surface area (Å²) in [5.41, 5.74) is 0.723. The predicted octanol–water partition coefficient (Wildman–Crippen LogP) is 2.09. The van der Waals surface area contributed by atoms with E-state index in [1.165, 1.54) is 0 Å². The summed E-state index contributed by atoms with van der Waals surface area (Å²) >= 11 is 0. The number of nitrogens with zero attached hydrogens (tertiary/aromatic N) is 3. The lowest BCUT2D eigenvalue weighted by molar-refractivity contribution is 0.0683. The minimum atomic E-state index is -1.11. The maximum absolute atomic E-state index is 11.0. The third-order valence-electron chi connectivity index (χ3n) is 2.38. The number of carboxylic acid groups (broad SMARTS) is 1. The van der Waals surface area contributed by atoms with E-state index in [2.05, 4.69) is 9.97 Å². The molecule has 88 valence electrons. The molecule has 0 radical (unpaired) electrons. The van der Waals surface area contributed by atoms with Crippen LogP contribution in [0.25, 0.3) is 5.82 Å². The van der Waals surface area contributed by atoms with E-state index in [1.54, 1.807) is 10.6 Å². The molecule has 2 aromatic heterocycles. The number of carboxylic acids is 1. The average Bonchev–Trinajstić information content (AvgIpc) is 2.81. The highest BCUT2D eigenvalue weighted by atomic mass is 16.4. The fourth-order valence-corrected chi connectivity index (χ4v) is 1.46. The van der Waals surface area contributed by atoms with Crippen LogP contribution in [0, 0.1) is 0 Å². The number of hydrogen-bond acceptors (Lipinski definition) is 3. The Labute approximate surface area is 98.8 Å². The Morgan fingerprint density at radius 3 is 2.47 bits per heavy atom. The summed E-state index contributed by atoms with van der Waals surface area (Å²) < 4.78 is 1.76. The van der Waals surface area contributed by atoms with E-state index in [4.69, 9.17) is 5.11 Å². The zero-order valence-corrected chi connectivity index (χ0v) is 9.66. The summed E-state index contributed by atoms with van der Waals surface area (Å²) in [5, 5.41) is 8.98. The summed E-state index contributed by atoms with van der Waals surface area (Å²) in [5.74, 6) is -0.544. The van der Waals surface area contributed by atoms with Crippen molar-refractivity contribution < 1.29 is 9.90 Å². The molecule has 0 aliphatic heterocycles. The first kappa shape index (κ1) is 11.3. The average molecular weight is 231 g/mol. The van der Waals surface area contributed by atoms with Gasteiger partial charge in [-0.3, -0.25) is 0 Å². The minimum Gasteiger partial charge on any atom is -0.475 e. The van der Waals surface area contributed by atoms with Crippen LogP contribution in [0.3, 0.4) is 0 Å². The molecule has 2 aromatic rings. The molecule has 5 nitrogen and oxygen atoms in total. The number of carbonyl (C=O) groups is 1. The summed E-state index contributed by atoms with van der Waals surface area (Å²) in [6.07, 6.45) is 3.64. The highest BCUT2D eigenvalue weighted by Gasteiger charge is 2.13. The van der Waals surface area contributed by atoms with Crippen molar-refractivity contribution in [3.05, 3.63) is 42.1 Å². The van der Waals surface area contributed by atoms with Gasteiger partial charge in [0, 0.05) is 24.2 Å². The molecule has 0 atom stereocenters. The zero-order valence-electron chi connectivity index (χ0n) is 9.66. The van der Waals surface area contributed by atoms with Crippen LogP contribution >= 0.6 is 0 Å². The Kier molecular flexibility index (Phi) is 2.91. The van der Waals surface area contributed by atoms with Gasteiger partial charge in [0.2, 0.25) is 5.82 Å². The molecule has 17 heavy (non-hydrogen) atoms. The second kappa shape index (κ2) is 4.37. The van der Waals surface area contributed by atoms with Crippen molar-refractivity contribution in [2.45, 2.75) is 19.8 Å². The largest absolute Gasteiger partial charge is 0.475 e. The van der Waals surface area contributed by atoms with Crippen LogP contribution in [-0.2, 0) is 0 Å². The quantitative estimate of drug-likeness (QED) is 0.878. The van der Waals surface area contributed by atoms with Crippen LogP contribution in [0.5, 0.6) is 0 Å². The van der Waals surface area contributed by atoms with Crippen LogP contribution < -0.4 is 0 Å². The van der Waals surface area contributed by atoms with Crippen LogP contribution in [0.15, 0.2) is 30.6 Å². The first-order valence-corrected chi connectivity index (χ1v) is 5.33. The second-order valence-electron chi connectivity index (χ2n) is 4.02. The molecule has 0 bridgehead atoms. The molecule has 0 spiro atoms. The van der Waals surface area contributed by atoms with Crippen molar-refractivity contribution in [2.75, 3.05) is 0 Å². The highest BCUT2D eigenvalue weighted by Crippen LogP contribution is 2.15. The smallest absolute Gasteiger partial charge is 0.374 e. The summed E-state index contributed by atoms with van der Waals surface area (Å²) in [7, 11) is 0. The molecule has 0 saturated heterocycles. The van der Waals surface area contributed by atoms with E-state index in [1.807, 2.05) is 38.4 Å². The molecule has 2 rings (SSSR count).